The summed E-state index contributed by atoms with van der Waals surface area (Å²) in [5, 5.41) is 10.1. The van der Waals surface area contributed by atoms with Gasteiger partial charge in [0, 0.05) is 10.6 Å². The summed E-state index contributed by atoms with van der Waals surface area (Å²) in [4.78, 5) is 26.5. The monoisotopic (exact) mass is 473 g/mol. The number of aliphatic carboxylic acids is 1. The third-order valence-electron chi connectivity index (χ3n) is 5.84. The predicted octanol–water partition coefficient (Wildman–Crippen LogP) is 6.46. The quantitative estimate of drug-likeness (QED) is 0.473. The maximum absolute atomic E-state index is 13.4. The molecule has 1 N–H and O–H groups in total. The fourth-order valence-electron chi connectivity index (χ4n) is 4.31. The van der Waals surface area contributed by atoms with Gasteiger partial charge < -0.3 is 10.0 Å². The Balaban J connectivity index is 1.68. The first-order valence-electron chi connectivity index (χ1n) is 10.2. The third kappa shape index (κ3) is 4.46. The van der Waals surface area contributed by atoms with Crippen LogP contribution in [0.15, 0.2) is 72.8 Å². The molecule has 170 valence electrons. The van der Waals surface area contributed by atoms with Crippen molar-refractivity contribution in [2.45, 2.75) is 31.1 Å². The zero-order chi connectivity index (χ0) is 23.8. The van der Waals surface area contributed by atoms with Crippen LogP contribution in [0.25, 0.3) is 11.1 Å². The number of carboxylic acid groups (broad SMARTS) is 1. The van der Waals surface area contributed by atoms with Crippen LogP contribution in [0.4, 0.5) is 13.2 Å². The second-order valence-corrected chi connectivity index (χ2v) is 8.21. The van der Waals surface area contributed by atoms with E-state index in [0.29, 0.717) is 22.6 Å². The van der Waals surface area contributed by atoms with E-state index >= 15 is 0 Å². The van der Waals surface area contributed by atoms with Crippen LogP contribution in [-0.2, 0) is 11.0 Å². The molecule has 4 rings (SSSR count). The van der Waals surface area contributed by atoms with Crippen molar-refractivity contribution in [2.75, 3.05) is 0 Å². The van der Waals surface area contributed by atoms with E-state index < -0.39 is 35.7 Å². The lowest BCUT2D eigenvalue weighted by Gasteiger charge is -2.29. The summed E-state index contributed by atoms with van der Waals surface area (Å²) in [5.74, 6) is -1.63. The second kappa shape index (κ2) is 8.90. The molecule has 0 saturated carbocycles. The fraction of sp³-hybridized carbons (Fsp3) is 0.200. The van der Waals surface area contributed by atoms with Crippen molar-refractivity contribution in [1.29, 1.82) is 0 Å². The summed E-state index contributed by atoms with van der Waals surface area (Å²) in [6.45, 7) is 0. The Morgan fingerprint density at radius 2 is 1.55 bits per heavy atom. The topological polar surface area (TPSA) is 57.6 Å². The predicted molar refractivity (Wildman–Crippen MR) is 118 cm³/mol. The van der Waals surface area contributed by atoms with E-state index in [1.54, 1.807) is 24.3 Å². The highest BCUT2D eigenvalue weighted by molar-refractivity contribution is 6.31. The molecule has 0 spiro atoms. The van der Waals surface area contributed by atoms with Crippen molar-refractivity contribution in [2.24, 2.45) is 0 Å². The maximum atomic E-state index is 13.4. The smallest absolute Gasteiger partial charge is 0.417 e. The Labute approximate surface area is 193 Å². The number of benzene rings is 3. The molecule has 8 heteroatoms. The van der Waals surface area contributed by atoms with Crippen molar-refractivity contribution in [3.8, 4) is 11.1 Å². The molecule has 33 heavy (non-hydrogen) atoms. The van der Waals surface area contributed by atoms with E-state index in [1.165, 1.54) is 47.4 Å². The number of halogens is 4. The van der Waals surface area contributed by atoms with E-state index in [-0.39, 0.29) is 17.5 Å². The lowest BCUT2D eigenvalue weighted by Crippen LogP contribution is -2.41. The summed E-state index contributed by atoms with van der Waals surface area (Å²) >= 11 is 6.31. The number of carbonyl (C=O) groups excluding carboxylic acids is 1. The first-order chi connectivity index (χ1) is 15.7. The average molecular weight is 474 g/mol. The SMILES string of the molecule is O=C(O)[C@@H]1CC[C@H](c2ccccc2Cl)N1C(=O)c1ccc(-c2ccccc2C(F)(F)F)cc1. The molecule has 3 aromatic rings. The van der Waals surface area contributed by atoms with Crippen molar-refractivity contribution in [1.82, 2.24) is 4.90 Å². The Morgan fingerprint density at radius 1 is 0.909 bits per heavy atom. The fourth-order valence-corrected chi connectivity index (χ4v) is 4.57. The van der Waals surface area contributed by atoms with Crippen LogP contribution >= 0.6 is 11.6 Å². The van der Waals surface area contributed by atoms with E-state index in [4.69, 9.17) is 11.6 Å². The Hall–Kier alpha value is -3.32. The van der Waals surface area contributed by atoms with Gasteiger partial charge in [0.05, 0.1) is 11.6 Å². The highest BCUT2D eigenvalue weighted by atomic mass is 35.5. The standard InChI is InChI=1S/C25H19ClF3NO3/c26-20-8-4-2-6-18(20)21-13-14-22(24(32)33)30(21)23(31)16-11-9-15(10-12-16)17-5-1-3-7-19(17)25(27,28)29/h1-12,21-22H,13-14H2,(H,32,33)/t21-,22+/m1/s1. The van der Waals surface area contributed by atoms with Gasteiger partial charge in [-0.2, -0.15) is 13.2 Å². The number of carbonyl (C=O) groups is 2. The van der Waals surface area contributed by atoms with Crippen LogP contribution in [0.2, 0.25) is 5.02 Å². The molecule has 2 atom stereocenters. The molecule has 3 aromatic carbocycles. The van der Waals surface area contributed by atoms with Gasteiger partial charge in [0.1, 0.15) is 6.04 Å². The Bertz CT molecular complexity index is 1190. The minimum atomic E-state index is -4.52. The number of likely N-dealkylation sites (tertiary alicyclic amines) is 1. The molecule has 1 amide bonds. The molecule has 0 aliphatic carbocycles. The van der Waals surface area contributed by atoms with Gasteiger partial charge >= 0.3 is 12.1 Å². The normalized spacial score (nSPS) is 18.4. The molecule has 1 aliphatic rings. The molecule has 1 heterocycles. The first-order valence-corrected chi connectivity index (χ1v) is 10.6. The van der Waals surface area contributed by atoms with Crippen LogP contribution in [0.3, 0.4) is 0 Å². The molecule has 1 aliphatic heterocycles. The zero-order valence-corrected chi connectivity index (χ0v) is 18.0. The number of nitrogens with zero attached hydrogens (tertiary/aromatic N) is 1. The van der Waals surface area contributed by atoms with Crippen molar-refractivity contribution in [3.05, 3.63) is 94.5 Å². The summed E-state index contributed by atoms with van der Waals surface area (Å²) in [5.41, 5.74) is 0.384. The minimum absolute atomic E-state index is 0.00234. The summed E-state index contributed by atoms with van der Waals surface area (Å²) in [6, 6.07) is 16.3. The van der Waals surface area contributed by atoms with E-state index in [1.807, 2.05) is 0 Å². The van der Waals surface area contributed by atoms with Gasteiger partial charge in [0.25, 0.3) is 5.91 Å². The lowest BCUT2D eigenvalue weighted by atomic mass is 9.98. The lowest BCUT2D eigenvalue weighted by molar-refractivity contribution is -0.141. The first kappa shape index (κ1) is 22.9. The van der Waals surface area contributed by atoms with E-state index in [2.05, 4.69) is 0 Å². The molecular weight excluding hydrogens is 455 g/mol. The van der Waals surface area contributed by atoms with Crippen LogP contribution in [-0.4, -0.2) is 27.9 Å². The molecule has 0 aromatic heterocycles. The second-order valence-electron chi connectivity index (χ2n) is 7.80. The maximum Gasteiger partial charge on any atom is 0.417 e. The number of hydrogen-bond donors (Lipinski definition) is 1. The number of hydrogen-bond acceptors (Lipinski definition) is 2. The number of rotatable bonds is 4. The summed E-state index contributed by atoms with van der Waals surface area (Å²) in [7, 11) is 0. The third-order valence-corrected chi connectivity index (χ3v) is 6.19. The zero-order valence-electron chi connectivity index (χ0n) is 17.2. The van der Waals surface area contributed by atoms with E-state index in [9.17, 15) is 27.9 Å². The molecule has 0 bridgehead atoms. The van der Waals surface area contributed by atoms with Crippen LogP contribution in [0.1, 0.15) is 40.4 Å². The van der Waals surface area contributed by atoms with Crippen molar-refractivity contribution in [3.63, 3.8) is 0 Å². The summed E-state index contributed by atoms with van der Waals surface area (Å²) < 4.78 is 40.1. The van der Waals surface area contributed by atoms with Crippen LogP contribution in [0, 0.1) is 0 Å². The molecule has 1 fully saturated rings. The largest absolute Gasteiger partial charge is 0.480 e. The average Bonchev–Trinajstić information content (AvgIpc) is 3.24. The van der Waals surface area contributed by atoms with Gasteiger partial charge in [0.15, 0.2) is 0 Å². The number of amides is 1. The molecule has 4 nitrogen and oxygen atoms in total. The highest BCUT2D eigenvalue weighted by Crippen LogP contribution is 2.41. The van der Waals surface area contributed by atoms with Gasteiger partial charge in [-0.3, -0.25) is 4.79 Å². The number of alkyl halides is 3. The van der Waals surface area contributed by atoms with E-state index in [0.717, 1.165) is 6.07 Å². The Morgan fingerprint density at radius 3 is 2.18 bits per heavy atom. The van der Waals surface area contributed by atoms with Gasteiger partial charge in [-0.05, 0) is 53.8 Å². The molecule has 0 radical (unpaired) electrons. The molecule has 1 saturated heterocycles. The van der Waals surface area contributed by atoms with Crippen molar-refractivity contribution < 1.29 is 27.9 Å². The van der Waals surface area contributed by atoms with Gasteiger partial charge in [-0.1, -0.05) is 60.1 Å². The molecule has 0 unspecified atom stereocenters. The van der Waals surface area contributed by atoms with Crippen molar-refractivity contribution >= 4 is 23.5 Å². The highest BCUT2D eigenvalue weighted by Gasteiger charge is 2.42. The van der Waals surface area contributed by atoms with Crippen LogP contribution in [0.5, 0.6) is 0 Å². The summed E-state index contributed by atoms with van der Waals surface area (Å²) in [6.07, 6.45) is -3.81. The minimum Gasteiger partial charge on any atom is -0.480 e. The van der Waals surface area contributed by atoms with Gasteiger partial charge in [0.2, 0.25) is 0 Å². The van der Waals surface area contributed by atoms with Gasteiger partial charge in [-0.15, -0.1) is 0 Å². The molecular formula is C25H19ClF3NO3. The number of carboxylic acids is 1. The van der Waals surface area contributed by atoms with Gasteiger partial charge in [-0.25, -0.2) is 4.79 Å². The Kier molecular flexibility index (Phi) is 6.17. The van der Waals surface area contributed by atoms with Crippen LogP contribution < -0.4 is 0 Å².